The minimum absolute atomic E-state index is 0.548. The van der Waals surface area contributed by atoms with Gasteiger partial charge in [0.15, 0.2) is 0 Å². The van der Waals surface area contributed by atoms with Crippen molar-refractivity contribution >= 4 is 0 Å². The van der Waals surface area contributed by atoms with Crippen LogP contribution in [0.25, 0.3) is 11.3 Å². The summed E-state index contributed by atoms with van der Waals surface area (Å²) in [5.41, 5.74) is 1.77. The van der Waals surface area contributed by atoms with Crippen molar-refractivity contribution in [2.75, 3.05) is 0 Å². The summed E-state index contributed by atoms with van der Waals surface area (Å²) in [6.45, 7) is 1.69. The lowest BCUT2D eigenvalue weighted by molar-refractivity contribution is 0.124. The number of aliphatic hydroxyl groups excluding tert-OH is 1. The summed E-state index contributed by atoms with van der Waals surface area (Å²) in [6.07, 6.45) is 6.31. The quantitative estimate of drug-likeness (QED) is 0.778. The van der Waals surface area contributed by atoms with E-state index in [9.17, 15) is 5.11 Å². The van der Waals surface area contributed by atoms with Gasteiger partial charge in [0.25, 0.3) is 0 Å². The first-order valence-corrected chi connectivity index (χ1v) is 4.39. The van der Waals surface area contributed by atoms with Gasteiger partial charge < -0.3 is 9.67 Å². The second-order valence-corrected chi connectivity index (χ2v) is 3.08. The normalized spacial score (nSPS) is 12.7. The smallest absolute Gasteiger partial charge is 0.128 e. The van der Waals surface area contributed by atoms with Gasteiger partial charge in [-0.05, 0) is 19.1 Å². The van der Waals surface area contributed by atoms with Crippen molar-refractivity contribution in [1.82, 2.24) is 14.5 Å². The van der Waals surface area contributed by atoms with Gasteiger partial charge in [-0.1, -0.05) is 0 Å². The van der Waals surface area contributed by atoms with Gasteiger partial charge in [0, 0.05) is 24.2 Å². The van der Waals surface area contributed by atoms with Crippen molar-refractivity contribution in [2.45, 2.75) is 13.2 Å². The lowest BCUT2D eigenvalue weighted by atomic mass is 10.2. The van der Waals surface area contributed by atoms with Crippen LogP contribution in [0.2, 0.25) is 0 Å². The zero-order valence-electron chi connectivity index (χ0n) is 7.83. The largest absolute Gasteiger partial charge is 0.374 e. The van der Waals surface area contributed by atoms with Crippen LogP contribution in [0, 0.1) is 0 Å². The second kappa shape index (κ2) is 3.59. The van der Waals surface area contributed by atoms with Crippen molar-refractivity contribution in [2.24, 2.45) is 0 Å². The Kier molecular flexibility index (Phi) is 2.28. The molecule has 0 amide bonds. The number of nitrogens with zero attached hydrogens (tertiary/aromatic N) is 3. The molecule has 0 spiro atoms. The van der Waals surface area contributed by atoms with Crippen LogP contribution < -0.4 is 0 Å². The predicted octanol–water partition coefficient (Wildman–Crippen LogP) is 1.46. The van der Waals surface area contributed by atoms with Crippen LogP contribution in [-0.2, 0) is 0 Å². The molecule has 2 rings (SSSR count). The number of aliphatic hydroxyl groups is 1. The van der Waals surface area contributed by atoms with E-state index in [1.807, 2.05) is 12.1 Å². The lowest BCUT2D eigenvalue weighted by Gasteiger charge is -2.02. The van der Waals surface area contributed by atoms with Gasteiger partial charge in [0.2, 0.25) is 0 Å². The Labute approximate surface area is 81.9 Å². The Hall–Kier alpha value is -1.68. The highest BCUT2D eigenvalue weighted by Crippen LogP contribution is 2.16. The molecule has 2 heterocycles. The van der Waals surface area contributed by atoms with Gasteiger partial charge in [-0.15, -0.1) is 0 Å². The standard InChI is InChI=1S/C10H11N3O/c1-8(14)13-6-10(12-7-13)9-3-2-4-11-5-9/h2-8,14H,1H3. The fourth-order valence-electron chi connectivity index (χ4n) is 1.20. The molecule has 0 bridgehead atoms. The topological polar surface area (TPSA) is 50.9 Å². The molecule has 0 aliphatic carbocycles. The van der Waals surface area contributed by atoms with Crippen LogP contribution in [-0.4, -0.2) is 19.6 Å². The molecule has 14 heavy (non-hydrogen) atoms. The van der Waals surface area contributed by atoms with E-state index in [2.05, 4.69) is 9.97 Å². The molecular weight excluding hydrogens is 178 g/mol. The minimum Gasteiger partial charge on any atom is -0.374 e. The van der Waals surface area contributed by atoms with Gasteiger partial charge in [-0.2, -0.15) is 0 Å². The monoisotopic (exact) mass is 189 g/mol. The summed E-state index contributed by atoms with van der Waals surface area (Å²) in [4.78, 5) is 8.17. The molecule has 1 atom stereocenters. The fourth-order valence-corrected chi connectivity index (χ4v) is 1.20. The van der Waals surface area contributed by atoms with E-state index >= 15 is 0 Å². The highest BCUT2D eigenvalue weighted by Gasteiger charge is 2.03. The number of rotatable bonds is 2. The van der Waals surface area contributed by atoms with Gasteiger partial charge in [-0.3, -0.25) is 4.98 Å². The summed E-state index contributed by atoms with van der Waals surface area (Å²) >= 11 is 0. The molecule has 0 saturated heterocycles. The zero-order chi connectivity index (χ0) is 9.97. The average molecular weight is 189 g/mol. The number of hydrogen-bond acceptors (Lipinski definition) is 3. The Balaban J connectivity index is 2.34. The fraction of sp³-hybridized carbons (Fsp3) is 0.200. The summed E-state index contributed by atoms with van der Waals surface area (Å²) < 4.78 is 1.64. The lowest BCUT2D eigenvalue weighted by Crippen LogP contribution is -1.99. The Morgan fingerprint density at radius 3 is 2.93 bits per heavy atom. The average Bonchev–Trinajstić information content (AvgIpc) is 2.68. The number of pyridine rings is 1. The van der Waals surface area contributed by atoms with Crippen LogP contribution in [0.15, 0.2) is 37.1 Å². The third-order valence-corrected chi connectivity index (χ3v) is 1.99. The first kappa shape index (κ1) is 8.90. The molecule has 1 unspecified atom stereocenters. The van der Waals surface area contributed by atoms with E-state index in [0.717, 1.165) is 11.3 Å². The van der Waals surface area contributed by atoms with Gasteiger partial charge in [0.1, 0.15) is 6.23 Å². The Morgan fingerprint density at radius 2 is 2.36 bits per heavy atom. The SMILES string of the molecule is CC(O)n1cnc(-c2cccnc2)c1. The number of imidazole rings is 1. The molecule has 2 aromatic rings. The maximum Gasteiger partial charge on any atom is 0.128 e. The molecule has 2 aromatic heterocycles. The Bertz CT molecular complexity index is 408. The summed E-state index contributed by atoms with van der Waals surface area (Å²) in [7, 11) is 0. The number of hydrogen-bond donors (Lipinski definition) is 1. The number of aromatic nitrogens is 3. The van der Waals surface area contributed by atoms with Crippen LogP contribution >= 0.6 is 0 Å². The van der Waals surface area contributed by atoms with Crippen molar-refractivity contribution in [3.05, 3.63) is 37.1 Å². The Morgan fingerprint density at radius 1 is 1.50 bits per heavy atom. The second-order valence-electron chi connectivity index (χ2n) is 3.08. The van der Waals surface area contributed by atoms with E-state index in [0.29, 0.717) is 0 Å². The van der Waals surface area contributed by atoms with E-state index in [-0.39, 0.29) is 0 Å². The minimum atomic E-state index is -0.548. The highest BCUT2D eigenvalue weighted by molar-refractivity contribution is 5.56. The zero-order valence-corrected chi connectivity index (χ0v) is 7.83. The van der Waals surface area contributed by atoms with Gasteiger partial charge in [-0.25, -0.2) is 4.98 Å². The third kappa shape index (κ3) is 1.65. The molecule has 1 N–H and O–H groups in total. The first-order chi connectivity index (χ1) is 6.77. The van der Waals surface area contributed by atoms with E-state index in [4.69, 9.17) is 0 Å². The van der Waals surface area contributed by atoms with Crippen molar-refractivity contribution in [3.8, 4) is 11.3 Å². The van der Waals surface area contributed by atoms with Crippen molar-refractivity contribution in [3.63, 3.8) is 0 Å². The first-order valence-electron chi connectivity index (χ1n) is 4.39. The molecule has 0 saturated carbocycles. The maximum absolute atomic E-state index is 9.29. The molecule has 0 aliphatic rings. The van der Waals surface area contributed by atoms with Gasteiger partial charge in [0.05, 0.1) is 12.0 Å². The predicted molar refractivity (Wildman–Crippen MR) is 52.4 cm³/mol. The molecule has 4 nitrogen and oxygen atoms in total. The molecule has 0 aliphatic heterocycles. The van der Waals surface area contributed by atoms with Crippen molar-refractivity contribution in [1.29, 1.82) is 0 Å². The van der Waals surface area contributed by atoms with Gasteiger partial charge >= 0.3 is 0 Å². The van der Waals surface area contributed by atoms with E-state index in [1.54, 1.807) is 36.4 Å². The highest BCUT2D eigenvalue weighted by atomic mass is 16.3. The third-order valence-electron chi connectivity index (χ3n) is 1.99. The van der Waals surface area contributed by atoms with Crippen molar-refractivity contribution < 1.29 is 5.11 Å². The van der Waals surface area contributed by atoms with Crippen LogP contribution in [0.1, 0.15) is 13.2 Å². The van der Waals surface area contributed by atoms with E-state index < -0.39 is 6.23 Å². The summed E-state index contributed by atoms with van der Waals surface area (Å²) in [5.74, 6) is 0. The molecule has 4 heteroatoms. The van der Waals surface area contributed by atoms with E-state index in [1.165, 1.54) is 0 Å². The van der Waals surface area contributed by atoms with Crippen LogP contribution in [0.3, 0.4) is 0 Å². The van der Waals surface area contributed by atoms with Crippen LogP contribution in [0.4, 0.5) is 0 Å². The van der Waals surface area contributed by atoms with Crippen LogP contribution in [0.5, 0.6) is 0 Å². The molecule has 0 radical (unpaired) electrons. The summed E-state index contributed by atoms with van der Waals surface area (Å²) in [6, 6.07) is 3.79. The molecule has 72 valence electrons. The maximum atomic E-state index is 9.29. The molecule has 0 fully saturated rings. The molecular formula is C10H11N3O. The summed E-state index contributed by atoms with van der Waals surface area (Å²) in [5, 5.41) is 9.29. The molecule has 0 aromatic carbocycles.